The van der Waals surface area contributed by atoms with E-state index >= 15 is 0 Å². The van der Waals surface area contributed by atoms with Crippen molar-refractivity contribution in [2.24, 2.45) is 0 Å². The summed E-state index contributed by atoms with van der Waals surface area (Å²) in [5.41, 5.74) is 3.66. The van der Waals surface area contributed by atoms with Crippen molar-refractivity contribution >= 4 is 46.3 Å². The molecular formula is C19H17Cl2NO2. The highest BCUT2D eigenvalue weighted by Gasteiger charge is 2.10. The van der Waals surface area contributed by atoms with Crippen LogP contribution in [0.25, 0.3) is 23.1 Å². The minimum absolute atomic E-state index is 0.539. The van der Waals surface area contributed by atoms with Crippen LogP contribution in [0.15, 0.2) is 28.7 Å². The summed E-state index contributed by atoms with van der Waals surface area (Å²) >= 11 is 12.3. The molecule has 0 radical (unpaired) electrons. The Morgan fingerprint density at radius 1 is 1.17 bits per heavy atom. The molecule has 0 unspecified atom stereocenters. The number of furan rings is 1. The fourth-order valence-electron chi connectivity index (χ4n) is 2.61. The Labute approximate surface area is 150 Å². The van der Waals surface area contributed by atoms with Crippen molar-refractivity contribution < 1.29 is 9.15 Å². The molecule has 0 aliphatic rings. The summed E-state index contributed by atoms with van der Waals surface area (Å²) in [5.74, 6) is 1.26. The fourth-order valence-corrected chi connectivity index (χ4v) is 3.02. The predicted octanol–water partition coefficient (Wildman–Crippen LogP) is 6.18. The first-order valence-corrected chi connectivity index (χ1v) is 8.39. The molecule has 0 bridgehead atoms. The van der Waals surface area contributed by atoms with Crippen molar-refractivity contribution in [3.05, 3.63) is 56.9 Å². The molecular weight excluding hydrogens is 345 g/mol. The third kappa shape index (κ3) is 3.14. The van der Waals surface area contributed by atoms with E-state index in [1.165, 1.54) is 5.56 Å². The van der Waals surface area contributed by atoms with Gasteiger partial charge in [0.15, 0.2) is 5.58 Å². The van der Waals surface area contributed by atoms with Crippen molar-refractivity contribution in [2.45, 2.75) is 20.3 Å². The first-order chi connectivity index (χ1) is 11.5. The summed E-state index contributed by atoms with van der Waals surface area (Å²) in [6, 6.07) is 7.44. The predicted molar refractivity (Wildman–Crippen MR) is 100 cm³/mol. The van der Waals surface area contributed by atoms with Gasteiger partial charge in [0, 0.05) is 16.6 Å². The zero-order valence-electron chi connectivity index (χ0n) is 13.7. The van der Waals surface area contributed by atoms with Crippen LogP contribution in [-0.4, -0.2) is 12.1 Å². The molecule has 3 aromatic rings. The molecule has 0 fully saturated rings. The summed E-state index contributed by atoms with van der Waals surface area (Å²) in [4.78, 5) is 4.50. The van der Waals surface area contributed by atoms with E-state index in [1.54, 1.807) is 19.2 Å². The average Bonchev–Trinajstić information content (AvgIpc) is 3.02. The third-order valence-corrected chi connectivity index (χ3v) is 4.54. The van der Waals surface area contributed by atoms with Crippen LogP contribution in [0.1, 0.15) is 29.5 Å². The zero-order valence-corrected chi connectivity index (χ0v) is 15.2. The lowest BCUT2D eigenvalue weighted by Crippen LogP contribution is -1.97. The normalized spacial score (nSPS) is 11.5. The van der Waals surface area contributed by atoms with Crippen molar-refractivity contribution in [1.29, 1.82) is 0 Å². The molecule has 2 aromatic heterocycles. The summed E-state index contributed by atoms with van der Waals surface area (Å²) in [6.07, 6.45) is 4.70. The summed E-state index contributed by atoms with van der Waals surface area (Å²) in [5, 5.41) is 1.95. The molecule has 1 aromatic carbocycles. The van der Waals surface area contributed by atoms with Gasteiger partial charge < -0.3 is 9.15 Å². The van der Waals surface area contributed by atoms with Gasteiger partial charge in [-0.05, 0) is 55.3 Å². The molecule has 0 amide bonds. The van der Waals surface area contributed by atoms with E-state index in [9.17, 15) is 0 Å². The maximum atomic E-state index is 6.19. The Balaban J connectivity index is 2.02. The molecule has 24 heavy (non-hydrogen) atoms. The third-order valence-electron chi connectivity index (χ3n) is 3.91. The second kappa shape index (κ2) is 6.88. The van der Waals surface area contributed by atoms with E-state index < -0.39 is 0 Å². The first-order valence-electron chi connectivity index (χ1n) is 7.63. The Hall–Kier alpha value is -1.97. The fraction of sp³-hybridized carbons (Fsp3) is 0.211. The van der Waals surface area contributed by atoms with Gasteiger partial charge in [0.2, 0.25) is 5.88 Å². The molecule has 3 rings (SSSR count). The van der Waals surface area contributed by atoms with Gasteiger partial charge in [0.25, 0.3) is 0 Å². The minimum atomic E-state index is 0.539. The van der Waals surface area contributed by atoms with Gasteiger partial charge >= 0.3 is 0 Å². The molecule has 0 spiro atoms. The van der Waals surface area contributed by atoms with Crippen molar-refractivity contribution in [3.63, 3.8) is 0 Å². The van der Waals surface area contributed by atoms with Crippen LogP contribution in [0.4, 0.5) is 0 Å². The number of aryl methyl sites for hydroxylation is 2. The number of aromatic nitrogens is 1. The van der Waals surface area contributed by atoms with Crippen LogP contribution in [0, 0.1) is 6.92 Å². The average molecular weight is 362 g/mol. The monoisotopic (exact) mass is 361 g/mol. The Bertz CT molecular complexity index is 890. The number of methoxy groups -OCH3 is 1. The van der Waals surface area contributed by atoms with E-state index in [-0.39, 0.29) is 0 Å². The summed E-state index contributed by atoms with van der Waals surface area (Å²) < 4.78 is 11.2. The highest BCUT2D eigenvalue weighted by Crippen LogP contribution is 2.33. The second-order valence-corrected chi connectivity index (χ2v) is 6.25. The van der Waals surface area contributed by atoms with E-state index in [0.717, 1.165) is 23.1 Å². The highest BCUT2D eigenvalue weighted by molar-refractivity contribution is 6.39. The number of pyridine rings is 1. The van der Waals surface area contributed by atoms with E-state index in [1.807, 2.05) is 25.1 Å². The number of halogens is 2. The number of benzene rings is 1. The first kappa shape index (κ1) is 16.9. The molecule has 124 valence electrons. The highest BCUT2D eigenvalue weighted by atomic mass is 35.5. The lowest BCUT2D eigenvalue weighted by Gasteiger charge is -2.08. The maximum absolute atomic E-state index is 6.19. The maximum Gasteiger partial charge on any atom is 0.220 e. The van der Waals surface area contributed by atoms with Gasteiger partial charge in [0.1, 0.15) is 5.76 Å². The van der Waals surface area contributed by atoms with Gasteiger partial charge in [-0.15, -0.1) is 0 Å². The zero-order chi connectivity index (χ0) is 17.3. The smallest absolute Gasteiger partial charge is 0.220 e. The molecule has 0 N–H and O–H groups in total. The van der Waals surface area contributed by atoms with Gasteiger partial charge in [-0.25, -0.2) is 4.98 Å². The molecule has 0 aliphatic carbocycles. The summed E-state index contributed by atoms with van der Waals surface area (Å²) in [7, 11) is 1.62. The molecule has 0 aliphatic heterocycles. The van der Waals surface area contributed by atoms with Crippen LogP contribution in [-0.2, 0) is 6.42 Å². The van der Waals surface area contributed by atoms with Gasteiger partial charge in [-0.3, -0.25) is 0 Å². The van der Waals surface area contributed by atoms with Gasteiger partial charge in [-0.1, -0.05) is 30.1 Å². The van der Waals surface area contributed by atoms with E-state index in [0.29, 0.717) is 27.3 Å². The van der Waals surface area contributed by atoms with Crippen LogP contribution >= 0.6 is 23.2 Å². The Morgan fingerprint density at radius 3 is 2.58 bits per heavy atom. The molecule has 3 nitrogen and oxygen atoms in total. The Morgan fingerprint density at radius 2 is 1.92 bits per heavy atom. The van der Waals surface area contributed by atoms with Crippen LogP contribution < -0.4 is 4.74 Å². The number of fused-ring (bicyclic) bond motifs is 1. The molecule has 5 heteroatoms. The molecule has 2 heterocycles. The number of hydrogen-bond donors (Lipinski definition) is 0. The number of hydrogen-bond acceptors (Lipinski definition) is 3. The van der Waals surface area contributed by atoms with Crippen LogP contribution in [0.5, 0.6) is 5.88 Å². The van der Waals surface area contributed by atoms with Gasteiger partial charge in [-0.2, -0.15) is 0 Å². The molecule has 0 saturated heterocycles. The largest absolute Gasteiger partial charge is 0.481 e. The van der Waals surface area contributed by atoms with E-state index in [2.05, 4.69) is 18.0 Å². The minimum Gasteiger partial charge on any atom is -0.481 e. The Kier molecular flexibility index (Phi) is 4.83. The standard InChI is InChI=1S/C19H17Cl2NO2/c1-4-12-9-13(19(23-3)22-11(12)2)5-6-14-10-15-16(20)7-8-17(21)18(15)24-14/h5-10H,4H2,1-3H3/b6-5+. The van der Waals surface area contributed by atoms with Crippen molar-refractivity contribution in [2.75, 3.05) is 7.11 Å². The lowest BCUT2D eigenvalue weighted by molar-refractivity contribution is 0.395. The lowest BCUT2D eigenvalue weighted by atomic mass is 10.1. The van der Waals surface area contributed by atoms with Crippen molar-refractivity contribution in [1.82, 2.24) is 4.98 Å². The summed E-state index contributed by atoms with van der Waals surface area (Å²) in [6.45, 7) is 4.09. The topological polar surface area (TPSA) is 35.3 Å². The second-order valence-electron chi connectivity index (χ2n) is 5.44. The number of ether oxygens (including phenoxy) is 1. The van der Waals surface area contributed by atoms with Crippen LogP contribution in [0.3, 0.4) is 0 Å². The van der Waals surface area contributed by atoms with Crippen molar-refractivity contribution in [3.8, 4) is 5.88 Å². The van der Waals surface area contributed by atoms with Gasteiger partial charge in [0.05, 0.1) is 17.2 Å². The quantitative estimate of drug-likeness (QED) is 0.556. The SMILES string of the molecule is CCc1cc(/C=C/c2cc3c(Cl)ccc(Cl)c3o2)c(OC)nc1C. The number of nitrogens with zero attached hydrogens (tertiary/aromatic N) is 1. The molecule has 0 atom stereocenters. The number of rotatable bonds is 4. The van der Waals surface area contributed by atoms with Crippen LogP contribution in [0.2, 0.25) is 10.0 Å². The molecule has 0 saturated carbocycles. The van der Waals surface area contributed by atoms with E-state index in [4.69, 9.17) is 32.4 Å².